The van der Waals surface area contributed by atoms with Gasteiger partial charge in [-0.15, -0.1) is 0 Å². The van der Waals surface area contributed by atoms with E-state index in [1.54, 1.807) is 12.1 Å². The summed E-state index contributed by atoms with van der Waals surface area (Å²) in [5.41, 5.74) is 3.02. The van der Waals surface area contributed by atoms with Gasteiger partial charge in [0, 0.05) is 29.2 Å². The first-order valence-electron chi connectivity index (χ1n) is 6.94. The number of fused-ring (bicyclic) bond motifs is 1. The molecule has 2 amide bonds. The highest BCUT2D eigenvalue weighted by atomic mass is 19.1. The third kappa shape index (κ3) is 2.76. The summed E-state index contributed by atoms with van der Waals surface area (Å²) in [4.78, 5) is 14.8. The Bertz CT molecular complexity index is 646. The third-order valence-electron chi connectivity index (χ3n) is 3.65. The number of H-pyrrole nitrogens is 1. The van der Waals surface area contributed by atoms with E-state index in [1.807, 2.05) is 6.92 Å². The van der Waals surface area contributed by atoms with Crippen molar-refractivity contribution in [3.05, 3.63) is 35.3 Å². The zero-order valence-corrected chi connectivity index (χ0v) is 11.4. The normalized spacial score (nSPS) is 14.5. The van der Waals surface area contributed by atoms with Crippen LogP contribution in [0.2, 0.25) is 0 Å². The fraction of sp³-hybridized carbons (Fsp3) is 0.400. The van der Waals surface area contributed by atoms with Crippen molar-refractivity contribution < 1.29 is 9.18 Å². The van der Waals surface area contributed by atoms with E-state index in [-0.39, 0.29) is 11.8 Å². The minimum atomic E-state index is -0.239. The highest BCUT2D eigenvalue weighted by Gasteiger charge is 2.22. The Labute approximate surface area is 116 Å². The average Bonchev–Trinajstić information content (AvgIpc) is 3.15. The zero-order valence-electron chi connectivity index (χ0n) is 11.4. The molecule has 2 aromatic rings. The number of hydrogen-bond acceptors (Lipinski definition) is 1. The maximum Gasteiger partial charge on any atom is 0.315 e. The molecule has 20 heavy (non-hydrogen) atoms. The summed E-state index contributed by atoms with van der Waals surface area (Å²) >= 11 is 0. The van der Waals surface area contributed by atoms with Crippen LogP contribution in [0.5, 0.6) is 0 Å². The molecule has 1 aliphatic rings. The van der Waals surface area contributed by atoms with Crippen LogP contribution in [-0.4, -0.2) is 23.6 Å². The SMILES string of the molecule is Cc1[nH]c2ccc(F)cc2c1CCNC(=O)NC1CC1. The number of amides is 2. The molecule has 1 heterocycles. The number of aromatic amines is 1. The topological polar surface area (TPSA) is 56.9 Å². The van der Waals surface area contributed by atoms with Crippen LogP contribution in [0.4, 0.5) is 9.18 Å². The van der Waals surface area contributed by atoms with Crippen molar-refractivity contribution in [3.8, 4) is 0 Å². The Balaban J connectivity index is 1.65. The van der Waals surface area contributed by atoms with E-state index in [1.165, 1.54) is 6.07 Å². The van der Waals surface area contributed by atoms with Crippen LogP contribution in [0.25, 0.3) is 10.9 Å². The van der Waals surface area contributed by atoms with Crippen LogP contribution in [0.1, 0.15) is 24.1 Å². The molecule has 5 heteroatoms. The quantitative estimate of drug-likeness (QED) is 0.789. The monoisotopic (exact) mass is 275 g/mol. The second-order valence-electron chi connectivity index (χ2n) is 5.34. The minimum Gasteiger partial charge on any atom is -0.358 e. The van der Waals surface area contributed by atoms with Crippen molar-refractivity contribution in [1.82, 2.24) is 15.6 Å². The van der Waals surface area contributed by atoms with Gasteiger partial charge in [0.2, 0.25) is 0 Å². The van der Waals surface area contributed by atoms with Gasteiger partial charge >= 0.3 is 6.03 Å². The molecule has 1 aromatic heterocycles. The molecule has 1 fully saturated rings. The highest BCUT2D eigenvalue weighted by molar-refractivity contribution is 5.84. The zero-order chi connectivity index (χ0) is 14.1. The van der Waals surface area contributed by atoms with Crippen molar-refractivity contribution in [2.45, 2.75) is 32.2 Å². The molecule has 0 unspecified atom stereocenters. The minimum absolute atomic E-state index is 0.115. The largest absolute Gasteiger partial charge is 0.358 e. The number of urea groups is 1. The van der Waals surface area contributed by atoms with E-state index in [0.717, 1.165) is 35.0 Å². The lowest BCUT2D eigenvalue weighted by atomic mass is 10.1. The maximum atomic E-state index is 13.3. The first-order valence-corrected chi connectivity index (χ1v) is 6.94. The van der Waals surface area contributed by atoms with Crippen LogP contribution in [0.15, 0.2) is 18.2 Å². The molecule has 1 saturated carbocycles. The summed E-state index contributed by atoms with van der Waals surface area (Å²) in [6.45, 7) is 2.51. The Hall–Kier alpha value is -2.04. The fourth-order valence-electron chi connectivity index (χ4n) is 2.44. The molecule has 3 N–H and O–H groups in total. The molecule has 106 valence electrons. The van der Waals surface area contributed by atoms with Gasteiger partial charge in [0.25, 0.3) is 0 Å². The Morgan fingerprint density at radius 3 is 3.00 bits per heavy atom. The summed E-state index contributed by atoms with van der Waals surface area (Å²) in [6, 6.07) is 4.98. The summed E-state index contributed by atoms with van der Waals surface area (Å²) in [5, 5.41) is 6.61. The molecule has 4 nitrogen and oxygen atoms in total. The number of hydrogen-bond donors (Lipinski definition) is 3. The van der Waals surface area contributed by atoms with Crippen LogP contribution in [0, 0.1) is 12.7 Å². The molecular formula is C15H18FN3O. The smallest absolute Gasteiger partial charge is 0.315 e. The van der Waals surface area contributed by atoms with Crippen molar-refractivity contribution in [3.63, 3.8) is 0 Å². The first-order chi connectivity index (χ1) is 9.63. The number of carbonyl (C=O) groups is 1. The van der Waals surface area contributed by atoms with Gasteiger partial charge in [-0.1, -0.05) is 0 Å². The molecular weight excluding hydrogens is 257 g/mol. The van der Waals surface area contributed by atoms with E-state index in [4.69, 9.17) is 0 Å². The van der Waals surface area contributed by atoms with Crippen LogP contribution in [-0.2, 0) is 6.42 Å². The predicted octanol–water partition coefficient (Wildman–Crippen LogP) is 2.62. The number of nitrogens with one attached hydrogen (secondary N) is 3. The molecule has 0 atom stereocenters. The van der Waals surface area contributed by atoms with Crippen molar-refractivity contribution in [1.29, 1.82) is 0 Å². The summed E-state index contributed by atoms with van der Waals surface area (Å²) in [5.74, 6) is -0.239. The van der Waals surface area contributed by atoms with Crippen LogP contribution in [0.3, 0.4) is 0 Å². The van der Waals surface area contributed by atoms with Gasteiger partial charge in [-0.3, -0.25) is 0 Å². The molecule has 1 aromatic carbocycles. The van der Waals surface area contributed by atoms with Gasteiger partial charge in [-0.25, -0.2) is 9.18 Å². The van der Waals surface area contributed by atoms with E-state index < -0.39 is 0 Å². The fourth-order valence-corrected chi connectivity index (χ4v) is 2.44. The van der Waals surface area contributed by atoms with Crippen molar-refractivity contribution >= 4 is 16.9 Å². The van der Waals surface area contributed by atoms with Crippen molar-refractivity contribution in [2.24, 2.45) is 0 Å². The molecule has 3 rings (SSSR count). The maximum absolute atomic E-state index is 13.3. The van der Waals surface area contributed by atoms with Gasteiger partial charge in [0.15, 0.2) is 0 Å². The second kappa shape index (κ2) is 5.15. The van der Waals surface area contributed by atoms with Crippen LogP contribution >= 0.6 is 0 Å². The number of aryl methyl sites for hydroxylation is 1. The number of carbonyl (C=O) groups excluding carboxylic acids is 1. The van der Waals surface area contributed by atoms with Gasteiger partial charge in [-0.2, -0.15) is 0 Å². The third-order valence-corrected chi connectivity index (χ3v) is 3.65. The first kappa shape index (κ1) is 13.0. The molecule has 0 bridgehead atoms. The van der Waals surface area contributed by atoms with Gasteiger partial charge < -0.3 is 15.6 Å². The molecule has 0 aliphatic heterocycles. The van der Waals surface area contributed by atoms with Gasteiger partial charge in [0.1, 0.15) is 5.82 Å². The van der Waals surface area contributed by atoms with Crippen molar-refractivity contribution in [2.75, 3.05) is 6.54 Å². The predicted molar refractivity (Wildman–Crippen MR) is 76.3 cm³/mol. The number of aromatic nitrogens is 1. The van der Waals surface area contributed by atoms with E-state index >= 15 is 0 Å². The summed E-state index contributed by atoms with van der Waals surface area (Å²) in [7, 11) is 0. The lowest BCUT2D eigenvalue weighted by Gasteiger charge is -2.06. The highest BCUT2D eigenvalue weighted by Crippen LogP contribution is 2.23. The number of halogens is 1. The standard InChI is InChI=1S/C15H18FN3O/c1-9-12(6-7-17-15(20)19-11-3-4-11)13-8-10(16)2-5-14(13)18-9/h2,5,8,11,18H,3-4,6-7H2,1H3,(H2,17,19,20). The Morgan fingerprint density at radius 2 is 2.25 bits per heavy atom. The second-order valence-corrected chi connectivity index (χ2v) is 5.34. The van der Waals surface area contributed by atoms with E-state index in [0.29, 0.717) is 19.0 Å². The molecule has 0 radical (unpaired) electrons. The van der Waals surface area contributed by atoms with E-state index in [2.05, 4.69) is 15.6 Å². The van der Waals surface area contributed by atoms with Gasteiger partial charge in [0.05, 0.1) is 0 Å². The molecule has 0 spiro atoms. The lowest BCUT2D eigenvalue weighted by molar-refractivity contribution is 0.240. The summed E-state index contributed by atoms with van der Waals surface area (Å²) < 4.78 is 13.3. The number of rotatable bonds is 4. The molecule has 1 aliphatic carbocycles. The van der Waals surface area contributed by atoms with Gasteiger partial charge in [-0.05, 0) is 49.9 Å². The average molecular weight is 275 g/mol. The Kier molecular flexibility index (Phi) is 3.34. The summed E-state index contributed by atoms with van der Waals surface area (Å²) in [6.07, 6.45) is 2.84. The number of benzene rings is 1. The molecule has 0 saturated heterocycles. The van der Waals surface area contributed by atoms with E-state index in [9.17, 15) is 9.18 Å². The Morgan fingerprint density at radius 1 is 1.45 bits per heavy atom. The van der Waals surface area contributed by atoms with Crippen LogP contribution < -0.4 is 10.6 Å². The lowest BCUT2D eigenvalue weighted by Crippen LogP contribution is -2.37.